The van der Waals surface area contributed by atoms with E-state index in [1.54, 1.807) is 7.05 Å². The third-order valence-electron chi connectivity index (χ3n) is 3.39. The van der Waals surface area contributed by atoms with Gasteiger partial charge in [0.2, 0.25) is 5.91 Å². The standard InChI is InChI=1S/C10H19NO2.C2H6/c1-6-7(2)13-8(9(12)11-5)10(6,3)4;1-2/h6-8H,1-5H3,(H,11,12);1-2H3/t6-,7-,8+;/m0./s1. The summed E-state index contributed by atoms with van der Waals surface area (Å²) in [5.41, 5.74) is -0.0699. The topological polar surface area (TPSA) is 38.3 Å². The van der Waals surface area contributed by atoms with Gasteiger partial charge in [-0.25, -0.2) is 0 Å². The summed E-state index contributed by atoms with van der Waals surface area (Å²) in [5.74, 6) is 0.399. The molecule has 0 bridgehead atoms. The summed E-state index contributed by atoms with van der Waals surface area (Å²) >= 11 is 0. The lowest BCUT2D eigenvalue weighted by molar-refractivity contribution is -0.134. The number of carbonyl (C=O) groups excluding carboxylic acids is 1. The second kappa shape index (κ2) is 5.50. The molecule has 1 saturated heterocycles. The Morgan fingerprint density at radius 2 is 1.73 bits per heavy atom. The van der Waals surface area contributed by atoms with Crippen molar-refractivity contribution in [2.45, 2.75) is 53.8 Å². The van der Waals surface area contributed by atoms with Gasteiger partial charge in [-0.05, 0) is 12.8 Å². The molecule has 1 N–H and O–H groups in total. The Hall–Kier alpha value is -0.570. The van der Waals surface area contributed by atoms with Crippen LogP contribution in [0.25, 0.3) is 0 Å². The van der Waals surface area contributed by atoms with Gasteiger partial charge in [-0.15, -0.1) is 0 Å². The summed E-state index contributed by atoms with van der Waals surface area (Å²) in [7, 11) is 1.65. The molecule has 1 aliphatic heterocycles. The van der Waals surface area contributed by atoms with E-state index >= 15 is 0 Å². The number of likely N-dealkylation sites (N-methyl/N-ethyl adjacent to an activating group) is 1. The minimum absolute atomic E-state index is 0.0128. The second-order valence-corrected chi connectivity index (χ2v) is 4.45. The summed E-state index contributed by atoms with van der Waals surface area (Å²) in [4.78, 5) is 11.5. The van der Waals surface area contributed by atoms with Crippen molar-refractivity contribution < 1.29 is 9.53 Å². The zero-order valence-electron chi connectivity index (χ0n) is 11.0. The Bertz CT molecular complexity index is 214. The SMILES string of the molecule is CC.CNC(=O)[C@H]1O[C@@H](C)[C@H](C)C1(C)C. The molecule has 0 radical (unpaired) electrons. The first kappa shape index (κ1) is 14.4. The van der Waals surface area contributed by atoms with E-state index in [-0.39, 0.29) is 23.5 Å². The first-order valence-electron chi connectivity index (χ1n) is 5.78. The number of hydrogen-bond acceptors (Lipinski definition) is 2. The third-order valence-corrected chi connectivity index (χ3v) is 3.39. The van der Waals surface area contributed by atoms with Crippen molar-refractivity contribution in [1.82, 2.24) is 5.32 Å². The van der Waals surface area contributed by atoms with Crippen LogP contribution in [0.3, 0.4) is 0 Å². The number of ether oxygens (including phenoxy) is 1. The zero-order valence-corrected chi connectivity index (χ0v) is 11.0. The molecule has 3 nitrogen and oxygen atoms in total. The minimum Gasteiger partial charge on any atom is -0.365 e. The highest BCUT2D eigenvalue weighted by Crippen LogP contribution is 2.42. The normalized spacial score (nSPS) is 32.9. The van der Waals surface area contributed by atoms with Crippen molar-refractivity contribution in [3.05, 3.63) is 0 Å². The minimum atomic E-state index is -0.303. The molecule has 15 heavy (non-hydrogen) atoms. The second-order valence-electron chi connectivity index (χ2n) is 4.45. The van der Waals surface area contributed by atoms with E-state index in [1.165, 1.54) is 0 Å². The van der Waals surface area contributed by atoms with E-state index in [9.17, 15) is 4.79 Å². The quantitative estimate of drug-likeness (QED) is 0.728. The fourth-order valence-corrected chi connectivity index (χ4v) is 1.88. The van der Waals surface area contributed by atoms with Gasteiger partial charge in [0, 0.05) is 12.5 Å². The molecule has 1 aliphatic rings. The Balaban J connectivity index is 0.000000921. The lowest BCUT2D eigenvalue weighted by Crippen LogP contribution is -2.41. The molecule has 3 atom stereocenters. The molecule has 0 spiro atoms. The number of amides is 1. The average molecular weight is 215 g/mol. The van der Waals surface area contributed by atoms with E-state index in [1.807, 2.05) is 20.8 Å². The Morgan fingerprint density at radius 1 is 1.27 bits per heavy atom. The Morgan fingerprint density at radius 3 is 2.00 bits per heavy atom. The number of rotatable bonds is 1. The molecule has 1 rings (SSSR count). The summed E-state index contributed by atoms with van der Waals surface area (Å²) in [6.45, 7) is 12.3. The lowest BCUT2D eigenvalue weighted by Gasteiger charge is -2.27. The molecule has 0 aliphatic carbocycles. The maximum Gasteiger partial charge on any atom is 0.249 e. The van der Waals surface area contributed by atoms with Crippen molar-refractivity contribution in [3.63, 3.8) is 0 Å². The monoisotopic (exact) mass is 215 g/mol. The summed E-state index contributed by atoms with van der Waals surface area (Å²) in [5, 5.41) is 2.64. The highest BCUT2D eigenvalue weighted by Gasteiger charge is 2.49. The van der Waals surface area contributed by atoms with Crippen LogP contribution in [-0.2, 0) is 9.53 Å². The highest BCUT2D eigenvalue weighted by atomic mass is 16.5. The molecule has 0 aromatic carbocycles. The van der Waals surface area contributed by atoms with E-state index in [0.717, 1.165) is 0 Å². The van der Waals surface area contributed by atoms with Crippen LogP contribution in [0.4, 0.5) is 0 Å². The van der Waals surface area contributed by atoms with Crippen LogP contribution in [-0.4, -0.2) is 25.2 Å². The van der Waals surface area contributed by atoms with Gasteiger partial charge in [-0.3, -0.25) is 4.79 Å². The van der Waals surface area contributed by atoms with E-state index < -0.39 is 0 Å². The number of nitrogens with one attached hydrogen (secondary N) is 1. The first-order chi connectivity index (χ1) is 6.91. The first-order valence-corrected chi connectivity index (χ1v) is 5.78. The van der Waals surface area contributed by atoms with Crippen LogP contribution in [0, 0.1) is 11.3 Å². The van der Waals surface area contributed by atoms with Crippen LogP contribution in [0.1, 0.15) is 41.5 Å². The van der Waals surface area contributed by atoms with Gasteiger partial charge >= 0.3 is 0 Å². The van der Waals surface area contributed by atoms with E-state index in [4.69, 9.17) is 4.74 Å². The number of hydrogen-bond donors (Lipinski definition) is 1. The predicted octanol–water partition coefficient (Wildman–Crippen LogP) is 2.21. The molecule has 0 aromatic rings. The van der Waals surface area contributed by atoms with Crippen molar-refractivity contribution in [2.24, 2.45) is 11.3 Å². The molecule has 0 aromatic heterocycles. The summed E-state index contributed by atoms with van der Waals surface area (Å²) in [6.07, 6.45) is -0.139. The van der Waals surface area contributed by atoms with Gasteiger partial charge in [0.15, 0.2) is 0 Å². The fourth-order valence-electron chi connectivity index (χ4n) is 1.88. The van der Waals surface area contributed by atoms with E-state index in [0.29, 0.717) is 5.92 Å². The van der Waals surface area contributed by atoms with Crippen LogP contribution < -0.4 is 5.32 Å². The smallest absolute Gasteiger partial charge is 0.249 e. The number of carbonyl (C=O) groups is 1. The molecular formula is C12H25NO2. The molecule has 1 amide bonds. The molecule has 3 heteroatoms. The molecule has 90 valence electrons. The van der Waals surface area contributed by atoms with Gasteiger partial charge in [0.05, 0.1) is 6.10 Å². The highest BCUT2D eigenvalue weighted by molar-refractivity contribution is 5.81. The molecule has 0 saturated carbocycles. The van der Waals surface area contributed by atoms with Crippen molar-refractivity contribution in [2.75, 3.05) is 7.05 Å². The molecule has 0 unspecified atom stereocenters. The molecular weight excluding hydrogens is 190 g/mol. The van der Waals surface area contributed by atoms with Gasteiger partial charge < -0.3 is 10.1 Å². The van der Waals surface area contributed by atoms with Crippen LogP contribution >= 0.6 is 0 Å². The lowest BCUT2D eigenvalue weighted by atomic mass is 9.75. The Kier molecular flexibility index (Phi) is 5.29. The maximum absolute atomic E-state index is 11.5. The molecule has 1 fully saturated rings. The Labute approximate surface area is 93.6 Å². The molecule has 1 heterocycles. The van der Waals surface area contributed by atoms with Crippen molar-refractivity contribution in [1.29, 1.82) is 0 Å². The third kappa shape index (κ3) is 2.71. The largest absolute Gasteiger partial charge is 0.365 e. The summed E-state index contributed by atoms with van der Waals surface area (Å²) in [6, 6.07) is 0. The van der Waals surface area contributed by atoms with Gasteiger partial charge in [-0.2, -0.15) is 0 Å². The van der Waals surface area contributed by atoms with Crippen molar-refractivity contribution >= 4 is 5.91 Å². The average Bonchev–Trinajstić information content (AvgIpc) is 2.44. The fraction of sp³-hybridized carbons (Fsp3) is 0.917. The maximum atomic E-state index is 11.5. The van der Waals surface area contributed by atoms with Crippen LogP contribution in [0.2, 0.25) is 0 Å². The van der Waals surface area contributed by atoms with Crippen molar-refractivity contribution in [3.8, 4) is 0 Å². The summed E-state index contributed by atoms with van der Waals surface area (Å²) < 4.78 is 5.63. The van der Waals surface area contributed by atoms with E-state index in [2.05, 4.69) is 26.1 Å². The zero-order chi connectivity index (χ0) is 12.2. The van der Waals surface area contributed by atoms with Gasteiger partial charge in [-0.1, -0.05) is 34.6 Å². The van der Waals surface area contributed by atoms with Gasteiger partial charge in [0.1, 0.15) is 6.10 Å². The van der Waals surface area contributed by atoms with Crippen LogP contribution in [0.15, 0.2) is 0 Å². The van der Waals surface area contributed by atoms with Crippen LogP contribution in [0.5, 0.6) is 0 Å². The predicted molar refractivity (Wildman–Crippen MR) is 62.7 cm³/mol. The van der Waals surface area contributed by atoms with Gasteiger partial charge in [0.25, 0.3) is 0 Å².